The highest BCUT2D eigenvalue weighted by molar-refractivity contribution is 5.79. The number of unbranched alkanes of at least 4 members (excludes halogenated alkanes) is 26. The first-order valence-corrected chi connectivity index (χ1v) is 18.9. The number of aliphatic hydroxyl groups excluding tert-OH is 1. The maximum atomic E-state index is 12.4. The molecular weight excluding hydrogens is 520 g/mol. The Kier molecular flexibility index (Phi) is 32.3. The Morgan fingerprint density at radius 3 is 1.07 bits per heavy atom. The topological polar surface area (TPSA) is 63.6 Å². The van der Waals surface area contributed by atoms with Gasteiger partial charge in [-0.15, -0.1) is 0 Å². The standard InChI is InChI=1S/C38H74O4/c1-4-6-8-10-12-14-16-18-19-21-23-25-27-29-31-33-38(41)42-37(35(3)39)34-36(40)32-30-28-26-24-22-20-17-15-13-11-9-7-5-2/h35,37,39H,4-34H2,1-3H3/t35-,37?/m0/s1. The Morgan fingerprint density at radius 1 is 0.476 bits per heavy atom. The van der Waals surface area contributed by atoms with Crippen molar-refractivity contribution in [1.29, 1.82) is 0 Å². The van der Waals surface area contributed by atoms with Crippen LogP contribution in [-0.4, -0.2) is 29.1 Å². The largest absolute Gasteiger partial charge is 0.459 e. The molecule has 2 atom stereocenters. The van der Waals surface area contributed by atoms with E-state index in [0.29, 0.717) is 12.8 Å². The van der Waals surface area contributed by atoms with Crippen LogP contribution in [0.2, 0.25) is 0 Å². The van der Waals surface area contributed by atoms with Gasteiger partial charge in [0.25, 0.3) is 0 Å². The SMILES string of the molecule is CCCCCCCCCCCCCCCCCC(=O)OC(CC(=O)CCCCCCCCCCCCCCC)[C@H](C)O. The third-order valence-electron chi connectivity index (χ3n) is 8.79. The maximum absolute atomic E-state index is 12.4. The quantitative estimate of drug-likeness (QED) is 0.0594. The summed E-state index contributed by atoms with van der Waals surface area (Å²) in [5.74, 6) is -0.173. The molecule has 0 aromatic carbocycles. The summed E-state index contributed by atoms with van der Waals surface area (Å²) in [6.07, 6.45) is 35.7. The molecule has 0 aromatic heterocycles. The molecule has 0 aliphatic heterocycles. The van der Waals surface area contributed by atoms with Gasteiger partial charge in [-0.1, -0.05) is 181 Å². The second-order valence-corrected chi connectivity index (χ2v) is 13.2. The van der Waals surface area contributed by atoms with E-state index >= 15 is 0 Å². The van der Waals surface area contributed by atoms with Crippen LogP contribution < -0.4 is 0 Å². The molecule has 0 saturated carbocycles. The molecule has 0 heterocycles. The van der Waals surface area contributed by atoms with E-state index in [1.807, 2.05) is 0 Å². The zero-order chi connectivity index (χ0) is 30.9. The molecule has 4 heteroatoms. The number of carbonyl (C=O) groups is 2. The summed E-state index contributed by atoms with van der Waals surface area (Å²) in [6, 6.07) is 0. The molecule has 0 aliphatic carbocycles. The molecule has 42 heavy (non-hydrogen) atoms. The van der Waals surface area contributed by atoms with Crippen LogP contribution in [0.5, 0.6) is 0 Å². The lowest BCUT2D eigenvalue weighted by atomic mass is 10.0. The van der Waals surface area contributed by atoms with E-state index in [4.69, 9.17) is 4.74 Å². The average Bonchev–Trinajstić information content (AvgIpc) is 2.97. The lowest BCUT2D eigenvalue weighted by molar-refractivity contribution is -0.156. The van der Waals surface area contributed by atoms with Crippen LogP contribution in [0.15, 0.2) is 0 Å². The van der Waals surface area contributed by atoms with E-state index in [0.717, 1.165) is 25.7 Å². The molecule has 1 N–H and O–H groups in total. The van der Waals surface area contributed by atoms with E-state index < -0.39 is 12.2 Å². The fourth-order valence-corrected chi connectivity index (χ4v) is 5.85. The van der Waals surface area contributed by atoms with Crippen LogP contribution >= 0.6 is 0 Å². The van der Waals surface area contributed by atoms with E-state index in [9.17, 15) is 14.7 Å². The first kappa shape index (κ1) is 41.1. The summed E-state index contributed by atoms with van der Waals surface area (Å²) in [5.41, 5.74) is 0. The number of hydrogen-bond acceptors (Lipinski definition) is 4. The number of Topliss-reactive ketones (excluding diaryl/α,β-unsaturated/α-hetero) is 1. The average molecular weight is 595 g/mol. The molecule has 0 radical (unpaired) electrons. The van der Waals surface area contributed by atoms with Gasteiger partial charge in [0.2, 0.25) is 0 Å². The Morgan fingerprint density at radius 2 is 0.762 bits per heavy atom. The number of carbonyl (C=O) groups excluding carboxylic acids is 2. The van der Waals surface area contributed by atoms with Gasteiger partial charge in [-0.25, -0.2) is 0 Å². The highest BCUT2D eigenvalue weighted by atomic mass is 16.6. The van der Waals surface area contributed by atoms with E-state index in [1.54, 1.807) is 6.92 Å². The van der Waals surface area contributed by atoms with Crippen LogP contribution in [0.1, 0.15) is 220 Å². The van der Waals surface area contributed by atoms with Crippen molar-refractivity contribution >= 4 is 11.8 Å². The number of hydrogen-bond donors (Lipinski definition) is 1. The lowest BCUT2D eigenvalue weighted by Crippen LogP contribution is -2.31. The van der Waals surface area contributed by atoms with Crippen molar-refractivity contribution in [3.05, 3.63) is 0 Å². The molecule has 0 aromatic rings. The molecule has 0 amide bonds. The minimum Gasteiger partial charge on any atom is -0.459 e. The van der Waals surface area contributed by atoms with Gasteiger partial charge in [0.1, 0.15) is 11.9 Å². The van der Waals surface area contributed by atoms with Crippen molar-refractivity contribution in [1.82, 2.24) is 0 Å². The predicted molar refractivity (Wildman–Crippen MR) is 181 cm³/mol. The zero-order valence-corrected chi connectivity index (χ0v) is 28.7. The first-order valence-electron chi connectivity index (χ1n) is 18.9. The Balaban J connectivity index is 3.64. The molecule has 0 rings (SSSR count). The van der Waals surface area contributed by atoms with Crippen molar-refractivity contribution in [2.75, 3.05) is 0 Å². The summed E-state index contributed by atoms with van der Waals surface area (Å²) in [7, 11) is 0. The van der Waals surface area contributed by atoms with Gasteiger partial charge in [0, 0.05) is 19.3 Å². The van der Waals surface area contributed by atoms with Crippen LogP contribution in [-0.2, 0) is 14.3 Å². The van der Waals surface area contributed by atoms with E-state index in [1.165, 1.54) is 154 Å². The summed E-state index contributed by atoms with van der Waals surface area (Å²) in [4.78, 5) is 24.8. The predicted octanol–water partition coefficient (Wildman–Crippen LogP) is 12.0. The molecule has 0 bridgehead atoms. The first-order chi connectivity index (χ1) is 20.5. The van der Waals surface area contributed by atoms with Crippen molar-refractivity contribution in [3.8, 4) is 0 Å². The third-order valence-corrected chi connectivity index (χ3v) is 8.79. The van der Waals surface area contributed by atoms with Crippen LogP contribution in [0.3, 0.4) is 0 Å². The Labute approximate surface area is 262 Å². The fourth-order valence-electron chi connectivity index (χ4n) is 5.85. The summed E-state index contributed by atoms with van der Waals surface area (Å²) < 4.78 is 5.51. The minimum atomic E-state index is -0.814. The molecule has 250 valence electrons. The highest BCUT2D eigenvalue weighted by Gasteiger charge is 2.22. The van der Waals surface area contributed by atoms with Crippen molar-refractivity contribution < 1.29 is 19.4 Å². The molecule has 0 aliphatic rings. The van der Waals surface area contributed by atoms with Gasteiger partial charge >= 0.3 is 5.97 Å². The third kappa shape index (κ3) is 30.6. The van der Waals surface area contributed by atoms with Gasteiger partial charge < -0.3 is 9.84 Å². The van der Waals surface area contributed by atoms with Gasteiger partial charge in [-0.05, 0) is 19.8 Å². The molecular formula is C38H74O4. The monoisotopic (exact) mass is 595 g/mol. The summed E-state index contributed by atoms with van der Waals surface area (Å²) in [6.45, 7) is 6.15. The van der Waals surface area contributed by atoms with Crippen molar-refractivity contribution in [2.45, 2.75) is 232 Å². The molecule has 4 nitrogen and oxygen atoms in total. The van der Waals surface area contributed by atoms with Crippen molar-refractivity contribution in [3.63, 3.8) is 0 Å². The van der Waals surface area contributed by atoms with Crippen molar-refractivity contribution in [2.24, 2.45) is 0 Å². The maximum Gasteiger partial charge on any atom is 0.306 e. The van der Waals surface area contributed by atoms with Gasteiger partial charge in [-0.2, -0.15) is 0 Å². The summed E-state index contributed by atoms with van der Waals surface area (Å²) in [5, 5.41) is 10.1. The van der Waals surface area contributed by atoms with Gasteiger partial charge in [0.05, 0.1) is 6.10 Å². The number of esters is 1. The Hall–Kier alpha value is -0.900. The smallest absolute Gasteiger partial charge is 0.306 e. The second kappa shape index (κ2) is 33.0. The van der Waals surface area contributed by atoms with Gasteiger partial charge in [-0.3, -0.25) is 9.59 Å². The fraction of sp³-hybridized carbons (Fsp3) is 0.947. The van der Waals surface area contributed by atoms with E-state index in [2.05, 4.69) is 13.8 Å². The van der Waals surface area contributed by atoms with Crippen LogP contribution in [0.4, 0.5) is 0 Å². The Bertz CT molecular complexity index is 573. The molecule has 0 fully saturated rings. The molecule has 1 unspecified atom stereocenters. The van der Waals surface area contributed by atoms with Gasteiger partial charge in [0.15, 0.2) is 0 Å². The molecule has 0 saturated heterocycles. The number of rotatable bonds is 34. The second-order valence-electron chi connectivity index (χ2n) is 13.2. The highest BCUT2D eigenvalue weighted by Crippen LogP contribution is 2.17. The number of ether oxygens (including phenoxy) is 1. The normalized spacial score (nSPS) is 12.9. The zero-order valence-electron chi connectivity index (χ0n) is 28.7. The van der Waals surface area contributed by atoms with Crippen LogP contribution in [0, 0.1) is 0 Å². The number of ketones is 1. The molecule has 0 spiro atoms. The minimum absolute atomic E-state index is 0.101. The van der Waals surface area contributed by atoms with Crippen LogP contribution in [0.25, 0.3) is 0 Å². The lowest BCUT2D eigenvalue weighted by Gasteiger charge is -2.20. The summed E-state index contributed by atoms with van der Waals surface area (Å²) >= 11 is 0. The van der Waals surface area contributed by atoms with E-state index in [-0.39, 0.29) is 18.2 Å². The number of aliphatic hydroxyl groups is 1.